The number of hydrogen-bond donors (Lipinski definition) is 3. The third kappa shape index (κ3) is 6.88. The molecule has 3 rings (SSSR count). The van der Waals surface area contributed by atoms with Crippen LogP contribution in [-0.2, 0) is 25.5 Å². The molecule has 2 aliphatic rings. The van der Waals surface area contributed by atoms with Gasteiger partial charge in [0.25, 0.3) is 11.7 Å². The maximum Gasteiger partial charge on any atom is 0.274 e. The first-order chi connectivity index (χ1) is 16.7. The summed E-state index contributed by atoms with van der Waals surface area (Å²) in [6, 6.07) is 3.94. The van der Waals surface area contributed by atoms with E-state index < -0.39 is 17.8 Å². The second-order valence-electron chi connectivity index (χ2n) is 7.65. The molecule has 0 bridgehead atoms. The van der Waals surface area contributed by atoms with Crippen LogP contribution in [0, 0.1) is 0 Å². The molecule has 1 aromatic carbocycles. The van der Waals surface area contributed by atoms with Gasteiger partial charge in [-0.2, -0.15) is 0 Å². The summed E-state index contributed by atoms with van der Waals surface area (Å²) in [5.74, 6) is -0.873. The predicted octanol–water partition coefficient (Wildman–Crippen LogP) is 3.99. The third-order valence-corrected chi connectivity index (χ3v) is 7.71. The van der Waals surface area contributed by atoms with Crippen molar-refractivity contribution in [2.24, 2.45) is 10.9 Å². The highest BCUT2D eigenvalue weighted by molar-refractivity contribution is 9.12. The van der Waals surface area contributed by atoms with Crippen molar-refractivity contribution < 1.29 is 28.9 Å². The summed E-state index contributed by atoms with van der Waals surface area (Å²) in [4.78, 5) is 18.1. The van der Waals surface area contributed by atoms with Gasteiger partial charge in [0.2, 0.25) is 0 Å². The van der Waals surface area contributed by atoms with Crippen LogP contribution in [0.25, 0.3) is 0 Å². The monoisotopic (exact) mass is 743 g/mol. The number of nitrogens with one attached hydrogen (secondary N) is 1. The van der Waals surface area contributed by atoms with Crippen molar-refractivity contribution in [2.75, 3.05) is 33.4 Å². The zero-order valence-corrected chi connectivity index (χ0v) is 25.1. The zero-order valence-electron chi connectivity index (χ0n) is 18.8. The van der Waals surface area contributed by atoms with E-state index in [2.05, 4.69) is 74.2 Å². The van der Waals surface area contributed by atoms with Gasteiger partial charge < -0.3 is 35.2 Å². The highest BCUT2D eigenvalue weighted by atomic mass is 79.9. The maximum atomic E-state index is 12.7. The minimum atomic E-state index is -1.54. The number of carbonyl (C=O) groups excluding carboxylic acids is 1. The Morgan fingerprint density at radius 3 is 2.69 bits per heavy atom. The summed E-state index contributed by atoms with van der Waals surface area (Å²) < 4.78 is 19.9. The molecule has 0 saturated heterocycles. The Bertz CT molecular complexity index is 1030. The van der Waals surface area contributed by atoms with Crippen molar-refractivity contribution in [1.82, 2.24) is 5.32 Å². The average molecular weight is 747 g/mol. The van der Waals surface area contributed by atoms with Crippen LogP contribution >= 0.6 is 63.7 Å². The van der Waals surface area contributed by atoms with Crippen molar-refractivity contribution in [3.8, 4) is 5.75 Å². The minimum absolute atomic E-state index is 0.0855. The molecule has 1 unspecified atom stereocenters. The Hall–Kier alpha value is -0.960. The van der Waals surface area contributed by atoms with E-state index in [1.165, 1.54) is 7.11 Å². The molecule has 2 aliphatic heterocycles. The molecule has 1 aromatic rings. The van der Waals surface area contributed by atoms with Gasteiger partial charge in [0, 0.05) is 11.0 Å². The molecular formula is C22H25Br4N3O6. The Kier molecular flexibility index (Phi) is 10.6. The fourth-order valence-electron chi connectivity index (χ4n) is 3.47. The molecule has 0 aliphatic carbocycles. The van der Waals surface area contributed by atoms with E-state index in [-0.39, 0.29) is 18.7 Å². The summed E-state index contributed by atoms with van der Waals surface area (Å²) in [6.45, 7) is 1.36. The first-order valence-electron chi connectivity index (χ1n) is 10.7. The number of aliphatic hydroxyl groups is 1. The topological polar surface area (TPSA) is 125 Å². The number of amides is 1. The number of aliphatic hydroxyl groups excluding tert-OH is 1. The zero-order chi connectivity index (χ0) is 25.6. The van der Waals surface area contributed by atoms with Crippen LogP contribution in [0.4, 0.5) is 0 Å². The van der Waals surface area contributed by atoms with Crippen molar-refractivity contribution in [1.29, 1.82) is 0 Å². The Morgan fingerprint density at radius 2 is 2.03 bits per heavy atom. The number of nitrogens with two attached hydrogens (primary N) is 1. The second-order valence-corrected chi connectivity index (χ2v) is 11.2. The first-order valence-corrected chi connectivity index (χ1v) is 13.8. The lowest BCUT2D eigenvalue weighted by Gasteiger charge is -2.31. The Morgan fingerprint density at radius 1 is 1.31 bits per heavy atom. The number of allylic oxidation sites excluding steroid dienone is 1. The second kappa shape index (κ2) is 13.0. The van der Waals surface area contributed by atoms with Crippen LogP contribution < -0.4 is 15.8 Å². The molecule has 9 nitrogen and oxygen atoms in total. The molecule has 1 spiro atoms. The van der Waals surface area contributed by atoms with Crippen LogP contribution in [0.5, 0.6) is 5.75 Å². The minimum Gasteiger partial charge on any atom is -0.495 e. The summed E-state index contributed by atoms with van der Waals surface area (Å²) in [5.41, 5.74) is 6.56. The highest BCUT2D eigenvalue weighted by Gasteiger charge is 2.52. The lowest BCUT2D eigenvalue weighted by atomic mass is 10.0. The Labute approximate surface area is 236 Å². The fourth-order valence-corrected chi connectivity index (χ4v) is 6.54. The molecule has 192 valence electrons. The van der Waals surface area contributed by atoms with Gasteiger partial charge in [-0.25, -0.2) is 0 Å². The smallest absolute Gasteiger partial charge is 0.274 e. The van der Waals surface area contributed by atoms with Gasteiger partial charge in [0.1, 0.15) is 11.5 Å². The van der Waals surface area contributed by atoms with Crippen molar-refractivity contribution >= 4 is 75.3 Å². The first kappa shape index (κ1) is 28.6. The van der Waals surface area contributed by atoms with Gasteiger partial charge in [0.05, 0.1) is 40.2 Å². The highest BCUT2D eigenvalue weighted by Crippen LogP contribution is 2.39. The lowest BCUT2D eigenvalue weighted by Crippen LogP contribution is -2.50. The van der Waals surface area contributed by atoms with E-state index in [9.17, 15) is 9.90 Å². The van der Waals surface area contributed by atoms with E-state index in [0.717, 1.165) is 20.9 Å². The molecule has 0 radical (unpaired) electrons. The summed E-state index contributed by atoms with van der Waals surface area (Å²) in [5, 5.41) is 17.4. The van der Waals surface area contributed by atoms with Crippen LogP contribution in [0.2, 0.25) is 0 Å². The van der Waals surface area contributed by atoms with Gasteiger partial charge in [-0.3, -0.25) is 4.79 Å². The van der Waals surface area contributed by atoms with Gasteiger partial charge in [0.15, 0.2) is 11.8 Å². The molecular weight excluding hydrogens is 722 g/mol. The quantitative estimate of drug-likeness (QED) is 0.327. The fraction of sp³-hybridized carbons (Fsp3) is 0.455. The molecule has 1 amide bonds. The number of carbonyl (C=O) groups is 1. The van der Waals surface area contributed by atoms with E-state index in [1.54, 1.807) is 6.08 Å². The standard InChI is InChI=1S/C22H25Br4N3O6/c1-32-18-13(23)4-8-34-22(11-16(18)26)20(30)17(29-35-22)21(31)28-6-2-7-33-19-14(24)9-12(3-5-27)10-15(19)25/h4,9-10,20,30H,2-3,5-8,11,27H2,1H3,(H,28,31)/t20-,22?/m0/s1. The molecule has 2 atom stereocenters. The lowest BCUT2D eigenvalue weighted by molar-refractivity contribution is -0.248. The van der Waals surface area contributed by atoms with Gasteiger partial charge in [-0.15, -0.1) is 0 Å². The number of ether oxygens (including phenoxy) is 3. The number of hydrogen-bond acceptors (Lipinski definition) is 8. The average Bonchev–Trinajstić information content (AvgIpc) is 3.11. The number of halogens is 4. The summed E-state index contributed by atoms with van der Waals surface area (Å²) in [6.07, 6.45) is 1.71. The molecule has 35 heavy (non-hydrogen) atoms. The van der Waals surface area contributed by atoms with E-state index in [0.29, 0.717) is 46.6 Å². The van der Waals surface area contributed by atoms with Gasteiger partial charge in [-0.05, 0) is 90.9 Å². The van der Waals surface area contributed by atoms with Crippen LogP contribution in [-0.4, -0.2) is 62.0 Å². The molecule has 0 fully saturated rings. The normalized spacial score (nSPS) is 22.2. The molecule has 13 heteroatoms. The van der Waals surface area contributed by atoms with Crippen molar-refractivity contribution in [3.05, 3.63) is 47.4 Å². The summed E-state index contributed by atoms with van der Waals surface area (Å²) >= 11 is 13.9. The van der Waals surface area contributed by atoms with Gasteiger partial charge >= 0.3 is 0 Å². The number of benzene rings is 1. The number of rotatable bonds is 9. The number of methoxy groups -OCH3 is 1. The molecule has 4 N–H and O–H groups in total. The van der Waals surface area contributed by atoms with Gasteiger partial charge in [-0.1, -0.05) is 21.1 Å². The third-order valence-electron chi connectivity index (χ3n) is 5.21. The largest absolute Gasteiger partial charge is 0.495 e. The van der Waals surface area contributed by atoms with Crippen molar-refractivity contribution in [3.63, 3.8) is 0 Å². The SMILES string of the molecule is COC1=C(Br)CC2(OCC=C1Br)ON=C(C(=O)NCCCOc1c(Br)cc(CCN)cc1Br)[C@@H]2O. The number of nitrogens with zero attached hydrogens (tertiary/aromatic N) is 1. The number of oxime groups is 1. The van der Waals surface area contributed by atoms with Crippen molar-refractivity contribution in [2.45, 2.75) is 31.2 Å². The predicted molar refractivity (Wildman–Crippen MR) is 146 cm³/mol. The van der Waals surface area contributed by atoms with Crippen LogP contribution in [0.1, 0.15) is 18.4 Å². The van der Waals surface area contributed by atoms with E-state index in [4.69, 9.17) is 24.8 Å². The van der Waals surface area contributed by atoms with Crippen LogP contribution in [0.3, 0.4) is 0 Å². The molecule has 0 aromatic heterocycles. The van der Waals surface area contributed by atoms with E-state index in [1.807, 2.05) is 12.1 Å². The molecule has 2 heterocycles. The maximum absolute atomic E-state index is 12.7. The van der Waals surface area contributed by atoms with E-state index >= 15 is 0 Å². The Balaban J connectivity index is 1.51. The summed E-state index contributed by atoms with van der Waals surface area (Å²) in [7, 11) is 1.53. The van der Waals surface area contributed by atoms with Crippen LogP contribution in [0.15, 0.2) is 47.0 Å². The molecule has 0 saturated carbocycles.